The van der Waals surface area contributed by atoms with Crippen molar-refractivity contribution in [1.29, 1.82) is 0 Å². The first kappa shape index (κ1) is 23.2. The van der Waals surface area contributed by atoms with E-state index in [0.717, 1.165) is 27.0 Å². The minimum atomic E-state index is -0.995. The highest BCUT2D eigenvalue weighted by Gasteiger charge is 2.37. The van der Waals surface area contributed by atoms with Gasteiger partial charge in [-0.2, -0.15) is 0 Å². The molecule has 0 aliphatic carbocycles. The van der Waals surface area contributed by atoms with Gasteiger partial charge >= 0.3 is 0 Å². The summed E-state index contributed by atoms with van der Waals surface area (Å²) in [5.41, 5.74) is 2.28. The number of methoxy groups -OCH3 is 1. The van der Waals surface area contributed by atoms with E-state index in [1.807, 2.05) is 83.8 Å². The number of likely N-dealkylation sites (tertiary alicyclic amines) is 1. The van der Waals surface area contributed by atoms with Crippen LogP contribution in [-0.2, 0) is 5.60 Å². The molecule has 1 amide bonds. The van der Waals surface area contributed by atoms with Crippen molar-refractivity contribution in [2.75, 3.05) is 24.9 Å². The highest BCUT2D eigenvalue weighted by atomic mass is 32.2. The number of aliphatic hydroxyl groups is 1. The van der Waals surface area contributed by atoms with Crippen molar-refractivity contribution < 1.29 is 14.6 Å². The molecule has 5 rings (SSSR count). The fraction of sp³-hybridized carbons (Fsp3) is 0.214. The van der Waals surface area contributed by atoms with Gasteiger partial charge in [0.25, 0.3) is 5.91 Å². The van der Waals surface area contributed by atoms with E-state index in [9.17, 15) is 9.90 Å². The number of hydrogen-bond donors (Lipinski definition) is 2. The van der Waals surface area contributed by atoms with Crippen molar-refractivity contribution in [3.63, 3.8) is 0 Å². The molecule has 0 unspecified atom stereocenters. The number of nitrogens with one attached hydrogen (secondary N) is 1. The van der Waals surface area contributed by atoms with Gasteiger partial charge < -0.3 is 19.5 Å². The Morgan fingerprint density at radius 2 is 1.74 bits per heavy atom. The lowest BCUT2D eigenvalue weighted by atomic mass is 9.83. The zero-order valence-corrected chi connectivity index (χ0v) is 20.3. The van der Waals surface area contributed by atoms with Crippen molar-refractivity contribution in [3.05, 3.63) is 96.2 Å². The van der Waals surface area contributed by atoms with Crippen LogP contribution in [0.4, 0.5) is 5.69 Å². The zero-order chi connectivity index (χ0) is 24.3. The van der Waals surface area contributed by atoms with Crippen LogP contribution < -0.4 is 9.46 Å². The van der Waals surface area contributed by atoms with Gasteiger partial charge in [-0.3, -0.25) is 9.78 Å². The van der Waals surface area contributed by atoms with Gasteiger partial charge in [-0.15, -0.1) is 0 Å². The van der Waals surface area contributed by atoms with Crippen LogP contribution in [-0.4, -0.2) is 41.1 Å². The Hall–Kier alpha value is -3.55. The van der Waals surface area contributed by atoms with E-state index in [1.54, 1.807) is 13.3 Å². The molecule has 0 bridgehead atoms. The molecular weight excluding hydrogens is 458 g/mol. The molecule has 1 aliphatic heterocycles. The van der Waals surface area contributed by atoms with E-state index in [-0.39, 0.29) is 5.91 Å². The Kier molecular flexibility index (Phi) is 6.61. The van der Waals surface area contributed by atoms with Gasteiger partial charge in [0.05, 0.1) is 23.1 Å². The number of para-hydroxylation sites is 2. The SMILES string of the molecule is COc1ccccc1C1(O)CCN(C(=O)c2ccc(NSc3cccc4cccnc34)cc2)CC1. The van der Waals surface area contributed by atoms with Crippen LogP contribution in [0.15, 0.2) is 90.0 Å². The van der Waals surface area contributed by atoms with Crippen LogP contribution >= 0.6 is 11.9 Å². The van der Waals surface area contributed by atoms with E-state index < -0.39 is 5.60 Å². The van der Waals surface area contributed by atoms with Gasteiger partial charge in [-0.25, -0.2) is 0 Å². The topological polar surface area (TPSA) is 74.7 Å². The predicted octanol–water partition coefficient (Wildman–Crippen LogP) is 5.49. The minimum Gasteiger partial charge on any atom is -0.496 e. The minimum absolute atomic E-state index is 0.0236. The second-order valence-electron chi connectivity index (χ2n) is 8.64. The van der Waals surface area contributed by atoms with Crippen LogP contribution in [0.1, 0.15) is 28.8 Å². The van der Waals surface area contributed by atoms with Gasteiger partial charge in [0, 0.05) is 41.5 Å². The molecule has 7 heteroatoms. The van der Waals surface area contributed by atoms with E-state index in [0.29, 0.717) is 37.2 Å². The number of piperidine rings is 1. The number of fused-ring (bicyclic) bond motifs is 1. The summed E-state index contributed by atoms with van der Waals surface area (Å²) in [5, 5.41) is 12.3. The molecule has 178 valence electrons. The van der Waals surface area contributed by atoms with Crippen molar-refractivity contribution in [1.82, 2.24) is 9.88 Å². The Morgan fingerprint density at radius 3 is 2.51 bits per heavy atom. The molecule has 1 fully saturated rings. The number of hydrogen-bond acceptors (Lipinski definition) is 6. The molecule has 0 atom stereocenters. The third kappa shape index (κ3) is 4.83. The molecule has 0 spiro atoms. The van der Waals surface area contributed by atoms with Gasteiger partial charge in [0.2, 0.25) is 0 Å². The Morgan fingerprint density at radius 1 is 1.00 bits per heavy atom. The standard InChI is InChI=1S/C28H27N3O3S/c1-34-24-9-3-2-8-23(24)28(33)15-18-31(19-16-28)27(32)21-11-13-22(14-12-21)30-35-25-10-4-6-20-7-5-17-29-26(20)25/h2-14,17,30,33H,15-16,18-19H2,1H3. The van der Waals surface area contributed by atoms with E-state index in [2.05, 4.69) is 9.71 Å². The maximum absolute atomic E-state index is 13.1. The largest absolute Gasteiger partial charge is 0.496 e. The molecule has 1 saturated heterocycles. The van der Waals surface area contributed by atoms with Gasteiger partial charge in [-0.1, -0.05) is 36.4 Å². The Labute approximate surface area is 209 Å². The number of benzene rings is 3. The number of rotatable bonds is 6. The summed E-state index contributed by atoms with van der Waals surface area (Å²) in [6, 6.07) is 25.1. The monoisotopic (exact) mass is 485 g/mol. The molecular formula is C28H27N3O3S. The lowest BCUT2D eigenvalue weighted by molar-refractivity contribution is -0.0226. The van der Waals surface area contributed by atoms with E-state index in [4.69, 9.17) is 4.74 Å². The summed E-state index contributed by atoms with van der Waals surface area (Å²) in [6.45, 7) is 0.967. The van der Waals surface area contributed by atoms with Crippen LogP contribution in [0.25, 0.3) is 10.9 Å². The molecule has 6 nitrogen and oxygen atoms in total. The van der Waals surface area contributed by atoms with Crippen molar-refractivity contribution in [3.8, 4) is 5.75 Å². The second kappa shape index (κ2) is 9.98. The second-order valence-corrected chi connectivity index (χ2v) is 9.48. The molecule has 4 aromatic rings. The first-order valence-electron chi connectivity index (χ1n) is 11.6. The third-order valence-corrected chi connectivity index (χ3v) is 7.38. The normalized spacial score (nSPS) is 15.1. The number of aromatic nitrogens is 1. The lowest BCUT2D eigenvalue weighted by Crippen LogP contribution is -2.45. The molecule has 0 radical (unpaired) electrons. The van der Waals surface area contributed by atoms with Crippen molar-refractivity contribution >= 4 is 34.4 Å². The quantitative estimate of drug-likeness (QED) is 0.352. The summed E-state index contributed by atoms with van der Waals surface area (Å²) in [5.74, 6) is 0.652. The zero-order valence-electron chi connectivity index (χ0n) is 19.5. The third-order valence-electron chi connectivity index (χ3n) is 6.49. The van der Waals surface area contributed by atoms with Crippen LogP contribution in [0.3, 0.4) is 0 Å². The molecule has 1 aromatic heterocycles. The van der Waals surface area contributed by atoms with Crippen LogP contribution in [0.5, 0.6) is 5.75 Å². The smallest absolute Gasteiger partial charge is 0.253 e. The summed E-state index contributed by atoms with van der Waals surface area (Å²) >= 11 is 1.50. The summed E-state index contributed by atoms with van der Waals surface area (Å²) in [6.07, 6.45) is 2.73. The molecule has 0 saturated carbocycles. The highest BCUT2D eigenvalue weighted by molar-refractivity contribution is 8.00. The number of amides is 1. The van der Waals surface area contributed by atoms with E-state index >= 15 is 0 Å². The number of anilines is 1. The maximum atomic E-state index is 13.1. The van der Waals surface area contributed by atoms with Crippen LogP contribution in [0.2, 0.25) is 0 Å². The number of nitrogens with zero attached hydrogens (tertiary/aromatic N) is 2. The number of carbonyl (C=O) groups is 1. The van der Waals surface area contributed by atoms with E-state index in [1.165, 1.54) is 11.9 Å². The molecule has 1 aliphatic rings. The van der Waals surface area contributed by atoms with Gasteiger partial charge in [0.15, 0.2) is 0 Å². The lowest BCUT2D eigenvalue weighted by Gasteiger charge is -2.39. The number of pyridine rings is 1. The van der Waals surface area contributed by atoms with Crippen molar-refractivity contribution in [2.45, 2.75) is 23.3 Å². The molecule has 35 heavy (non-hydrogen) atoms. The summed E-state index contributed by atoms with van der Waals surface area (Å²) < 4.78 is 8.78. The first-order valence-corrected chi connectivity index (χ1v) is 12.4. The van der Waals surface area contributed by atoms with Gasteiger partial charge in [0.1, 0.15) is 5.75 Å². The summed E-state index contributed by atoms with van der Waals surface area (Å²) in [4.78, 5) is 20.4. The fourth-order valence-corrected chi connectivity index (χ4v) is 5.29. The Bertz CT molecular complexity index is 1330. The fourth-order valence-electron chi connectivity index (χ4n) is 4.51. The Balaban J connectivity index is 1.21. The van der Waals surface area contributed by atoms with Crippen LogP contribution in [0, 0.1) is 0 Å². The van der Waals surface area contributed by atoms with Crippen molar-refractivity contribution in [2.24, 2.45) is 0 Å². The summed E-state index contributed by atoms with van der Waals surface area (Å²) in [7, 11) is 1.61. The molecule has 2 N–H and O–H groups in total. The average Bonchev–Trinajstić information content (AvgIpc) is 2.92. The number of carbonyl (C=O) groups excluding carboxylic acids is 1. The predicted molar refractivity (Wildman–Crippen MR) is 140 cm³/mol. The first-order chi connectivity index (χ1) is 17.1. The highest BCUT2D eigenvalue weighted by Crippen LogP contribution is 2.38. The maximum Gasteiger partial charge on any atom is 0.253 e. The average molecular weight is 486 g/mol. The molecule has 3 aromatic carbocycles. The number of ether oxygens (including phenoxy) is 1. The molecule has 2 heterocycles. The van der Waals surface area contributed by atoms with Gasteiger partial charge in [-0.05, 0) is 67.3 Å².